The zero-order valence-corrected chi connectivity index (χ0v) is 8.76. The quantitative estimate of drug-likeness (QED) is 0.763. The molecule has 4 nitrogen and oxygen atoms in total. The largest absolute Gasteiger partial charge is 0.462 e. The van der Waals surface area contributed by atoms with Crippen LogP contribution >= 0.6 is 11.6 Å². The van der Waals surface area contributed by atoms with Gasteiger partial charge in [-0.3, -0.25) is 0 Å². The van der Waals surface area contributed by atoms with Gasteiger partial charge in [0, 0.05) is 0 Å². The first-order chi connectivity index (χ1) is 6.56. The van der Waals surface area contributed by atoms with Gasteiger partial charge in [0.25, 0.3) is 0 Å². The summed E-state index contributed by atoms with van der Waals surface area (Å²) in [6.07, 6.45) is 0. The van der Waals surface area contributed by atoms with Crippen LogP contribution in [0, 0.1) is 6.92 Å². The van der Waals surface area contributed by atoms with Crippen molar-refractivity contribution in [3.63, 3.8) is 0 Å². The first-order valence-electron chi connectivity index (χ1n) is 4.16. The number of pyridine rings is 1. The Balaban J connectivity index is 3.09. The zero-order valence-electron chi connectivity index (χ0n) is 8.00. The lowest BCUT2D eigenvalue weighted by atomic mass is 10.2. The predicted molar refractivity (Wildman–Crippen MR) is 54.4 cm³/mol. The number of carbonyl (C=O) groups is 1. The standard InChI is InChI=1S/C9H11ClN2O2/c1-3-14-9(13)6-4-7(10)5(2)12-8(6)11/h4H,3H2,1-2H3,(H2,11,12). The van der Waals surface area contributed by atoms with E-state index in [0.29, 0.717) is 17.3 Å². The molecular formula is C9H11ClN2O2. The van der Waals surface area contributed by atoms with Gasteiger partial charge in [0.15, 0.2) is 0 Å². The topological polar surface area (TPSA) is 65.2 Å². The van der Waals surface area contributed by atoms with Crippen LogP contribution in [0.2, 0.25) is 5.02 Å². The van der Waals surface area contributed by atoms with Gasteiger partial charge in [-0.25, -0.2) is 9.78 Å². The van der Waals surface area contributed by atoms with Crippen molar-refractivity contribution in [2.24, 2.45) is 0 Å². The number of nitrogen functional groups attached to an aromatic ring is 1. The molecule has 76 valence electrons. The summed E-state index contributed by atoms with van der Waals surface area (Å²) in [7, 11) is 0. The van der Waals surface area contributed by atoms with E-state index in [4.69, 9.17) is 22.1 Å². The summed E-state index contributed by atoms with van der Waals surface area (Å²) in [6, 6.07) is 1.47. The number of hydrogen-bond donors (Lipinski definition) is 1. The van der Waals surface area contributed by atoms with E-state index in [1.165, 1.54) is 6.07 Å². The lowest BCUT2D eigenvalue weighted by Gasteiger charge is -2.06. The first-order valence-corrected chi connectivity index (χ1v) is 4.53. The number of nitrogens with zero attached hydrogens (tertiary/aromatic N) is 1. The highest BCUT2D eigenvalue weighted by Crippen LogP contribution is 2.19. The molecule has 0 spiro atoms. The van der Waals surface area contributed by atoms with Crippen molar-refractivity contribution in [1.29, 1.82) is 0 Å². The van der Waals surface area contributed by atoms with E-state index < -0.39 is 5.97 Å². The summed E-state index contributed by atoms with van der Waals surface area (Å²) in [5.41, 5.74) is 6.36. The molecule has 0 bridgehead atoms. The number of rotatable bonds is 2. The maximum atomic E-state index is 11.3. The van der Waals surface area contributed by atoms with Gasteiger partial charge in [0.05, 0.1) is 17.3 Å². The molecule has 0 saturated heterocycles. The van der Waals surface area contributed by atoms with Crippen molar-refractivity contribution in [2.45, 2.75) is 13.8 Å². The van der Waals surface area contributed by atoms with Crippen molar-refractivity contribution in [2.75, 3.05) is 12.3 Å². The van der Waals surface area contributed by atoms with Crippen LogP contribution in [-0.2, 0) is 4.74 Å². The van der Waals surface area contributed by atoms with E-state index in [0.717, 1.165) is 0 Å². The Morgan fingerprint density at radius 1 is 1.71 bits per heavy atom. The van der Waals surface area contributed by atoms with Gasteiger partial charge in [-0.05, 0) is 19.9 Å². The molecule has 14 heavy (non-hydrogen) atoms. The predicted octanol–water partition coefficient (Wildman–Crippen LogP) is 1.80. The number of nitrogens with two attached hydrogens (primary N) is 1. The average molecular weight is 215 g/mol. The zero-order chi connectivity index (χ0) is 10.7. The molecule has 0 aromatic carbocycles. The number of aryl methyl sites for hydroxylation is 1. The number of anilines is 1. The van der Waals surface area contributed by atoms with Crippen LogP contribution in [-0.4, -0.2) is 17.6 Å². The van der Waals surface area contributed by atoms with E-state index in [9.17, 15) is 4.79 Å². The smallest absolute Gasteiger partial charge is 0.341 e. The van der Waals surface area contributed by atoms with Crippen LogP contribution in [0.15, 0.2) is 6.07 Å². The van der Waals surface area contributed by atoms with E-state index in [2.05, 4.69) is 4.98 Å². The van der Waals surface area contributed by atoms with Crippen LogP contribution in [0.4, 0.5) is 5.82 Å². The molecule has 0 atom stereocenters. The third-order valence-corrected chi connectivity index (χ3v) is 2.06. The molecule has 0 amide bonds. The molecule has 2 N–H and O–H groups in total. The SMILES string of the molecule is CCOC(=O)c1cc(Cl)c(C)nc1N. The van der Waals surface area contributed by atoms with Gasteiger partial charge >= 0.3 is 5.97 Å². The third-order valence-electron chi connectivity index (χ3n) is 1.68. The molecule has 5 heteroatoms. The molecule has 0 saturated carbocycles. The molecule has 0 aliphatic carbocycles. The number of ether oxygens (including phenoxy) is 1. The van der Waals surface area contributed by atoms with Crippen LogP contribution in [0.25, 0.3) is 0 Å². The van der Waals surface area contributed by atoms with E-state index in [-0.39, 0.29) is 11.4 Å². The summed E-state index contributed by atoms with van der Waals surface area (Å²) in [6.45, 7) is 3.73. The molecule has 0 unspecified atom stereocenters. The highest BCUT2D eigenvalue weighted by molar-refractivity contribution is 6.31. The Hall–Kier alpha value is -1.29. The second kappa shape index (κ2) is 4.28. The van der Waals surface area contributed by atoms with Crippen molar-refractivity contribution in [1.82, 2.24) is 4.98 Å². The second-order valence-electron chi connectivity index (χ2n) is 2.71. The summed E-state index contributed by atoms with van der Waals surface area (Å²) < 4.78 is 4.79. The number of aromatic nitrogens is 1. The van der Waals surface area contributed by atoms with Crippen LogP contribution in [0.1, 0.15) is 23.0 Å². The molecule has 1 aromatic heterocycles. The van der Waals surface area contributed by atoms with Gasteiger partial charge in [0.1, 0.15) is 11.4 Å². The van der Waals surface area contributed by atoms with E-state index in [1.54, 1.807) is 13.8 Å². The fourth-order valence-corrected chi connectivity index (χ4v) is 1.12. The Morgan fingerprint density at radius 3 is 2.93 bits per heavy atom. The minimum Gasteiger partial charge on any atom is -0.462 e. The maximum absolute atomic E-state index is 11.3. The van der Waals surface area contributed by atoms with Gasteiger partial charge in [-0.2, -0.15) is 0 Å². The Morgan fingerprint density at radius 2 is 2.36 bits per heavy atom. The molecule has 0 radical (unpaired) electrons. The molecule has 0 aliphatic rings. The highest BCUT2D eigenvalue weighted by atomic mass is 35.5. The van der Waals surface area contributed by atoms with Crippen molar-refractivity contribution < 1.29 is 9.53 Å². The van der Waals surface area contributed by atoms with Crippen molar-refractivity contribution in [3.8, 4) is 0 Å². The third kappa shape index (κ3) is 2.14. The summed E-state index contributed by atoms with van der Waals surface area (Å²) in [5, 5.41) is 0.405. The number of esters is 1. The molecule has 1 heterocycles. The number of hydrogen-bond acceptors (Lipinski definition) is 4. The molecule has 1 aromatic rings. The van der Waals surface area contributed by atoms with Gasteiger partial charge in [-0.15, -0.1) is 0 Å². The fourth-order valence-electron chi connectivity index (χ4n) is 0.972. The minimum absolute atomic E-state index is 0.144. The average Bonchev–Trinajstić information content (AvgIpc) is 2.11. The van der Waals surface area contributed by atoms with E-state index >= 15 is 0 Å². The maximum Gasteiger partial charge on any atom is 0.341 e. The highest BCUT2D eigenvalue weighted by Gasteiger charge is 2.13. The Bertz CT molecular complexity index is 366. The fraction of sp³-hybridized carbons (Fsp3) is 0.333. The van der Waals surface area contributed by atoms with Crippen LogP contribution < -0.4 is 5.73 Å². The van der Waals surface area contributed by atoms with Gasteiger partial charge in [0.2, 0.25) is 0 Å². The minimum atomic E-state index is -0.501. The normalized spacial score (nSPS) is 9.93. The monoisotopic (exact) mass is 214 g/mol. The first kappa shape index (κ1) is 10.8. The summed E-state index contributed by atoms with van der Waals surface area (Å²) in [4.78, 5) is 15.2. The molecular weight excluding hydrogens is 204 g/mol. The molecule has 0 fully saturated rings. The Labute approximate surface area is 87.0 Å². The molecule has 1 rings (SSSR count). The van der Waals surface area contributed by atoms with Gasteiger partial charge < -0.3 is 10.5 Å². The molecule has 0 aliphatic heterocycles. The lowest BCUT2D eigenvalue weighted by molar-refractivity contribution is 0.0527. The lowest BCUT2D eigenvalue weighted by Crippen LogP contribution is -2.10. The van der Waals surface area contributed by atoms with Gasteiger partial charge in [-0.1, -0.05) is 11.6 Å². The van der Waals surface area contributed by atoms with Crippen molar-refractivity contribution >= 4 is 23.4 Å². The number of halogens is 1. The van der Waals surface area contributed by atoms with Crippen LogP contribution in [0.5, 0.6) is 0 Å². The summed E-state index contributed by atoms with van der Waals surface area (Å²) in [5.74, 6) is -0.357. The van der Waals surface area contributed by atoms with Crippen molar-refractivity contribution in [3.05, 3.63) is 22.3 Å². The van der Waals surface area contributed by atoms with E-state index in [1.807, 2.05) is 0 Å². The second-order valence-corrected chi connectivity index (χ2v) is 3.12. The number of carbonyl (C=O) groups excluding carboxylic acids is 1. The van der Waals surface area contributed by atoms with Crippen LogP contribution in [0.3, 0.4) is 0 Å². The Kier molecular flexibility index (Phi) is 3.30. The summed E-state index contributed by atoms with van der Waals surface area (Å²) >= 11 is 5.80.